The van der Waals surface area contributed by atoms with Gasteiger partial charge in [0.15, 0.2) is 0 Å². The van der Waals surface area contributed by atoms with Crippen molar-refractivity contribution < 1.29 is 4.79 Å². The highest BCUT2D eigenvalue weighted by Gasteiger charge is 2.28. The maximum Gasteiger partial charge on any atom is 0.224 e. The number of rotatable bonds is 2. The topological polar surface area (TPSA) is 32.3 Å². The van der Waals surface area contributed by atoms with Crippen molar-refractivity contribution in [1.29, 1.82) is 0 Å². The van der Waals surface area contributed by atoms with Gasteiger partial charge in [0.2, 0.25) is 5.91 Å². The number of amides is 1. The molecule has 2 aliphatic heterocycles. The Morgan fingerprint density at radius 2 is 2.12 bits per heavy atom. The zero-order chi connectivity index (χ0) is 12.3. The minimum Gasteiger partial charge on any atom is -0.340 e. The molecular weight excluding hydrogens is 212 g/mol. The van der Waals surface area contributed by atoms with Crippen LogP contribution in [-0.4, -0.2) is 36.0 Å². The van der Waals surface area contributed by atoms with E-state index in [2.05, 4.69) is 24.1 Å². The van der Waals surface area contributed by atoms with Crippen LogP contribution in [0.3, 0.4) is 0 Å². The summed E-state index contributed by atoms with van der Waals surface area (Å²) in [5.41, 5.74) is 0. The Morgan fingerprint density at radius 1 is 1.29 bits per heavy atom. The van der Waals surface area contributed by atoms with Crippen molar-refractivity contribution in [3.63, 3.8) is 0 Å². The molecule has 1 amide bonds. The van der Waals surface area contributed by atoms with E-state index in [-0.39, 0.29) is 0 Å². The molecule has 2 aliphatic rings. The van der Waals surface area contributed by atoms with E-state index in [4.69, 9.17) is 0 Å². The molecule has 0 saturated carbocycles. The Morgan fingerprint density at radius 3 is 2.76 bits per heavy atom. The van der Waals surface area contributed by atoms with E-state index < -0.39 is 0 Å². The van der Waals surface area contributed by atoms with Gasteiger partial charge in [-0.2, -0.15) is 0 Å². The van der Waals surface area contributed by atoms with Crippen LogP contribution < -0.4 is 5.32 Å². The number of carbonyl (C=O) groups excluding carboxylic acids is 1. The molecule has 1 N–H and O–H groups in total. The molecule has 3 unspecified atom stereocenters. The molecule has 0 aromatic rings. The monoisotopic (exact) mass is 238 g/mol. The maximum atomic E-state index is 12.3. The maximum absolute atomic E-state index is 12.3. The summed E-state index contributed by atoms with van der Waals surface area (Å²) >= 11 is 0. The average Bonchev–Trinajstić information content (AvgIpc) is 2.30. The van der Waals surface area contributed by atoms with Crippen LogP contribution in [-0.2, 0) is 4.79 Å². The molecule has 0 spiro atoms. The van der Waals surface area contributed by atoms with E-state index >= 15 is 0 Å². The first-order valence-electron chi connectivity index (χ1n) is 7.19. The third-order valence-electron chi connectivity index (χ3n) is 4.29. The highest BCUT2D eigenvalue weighted by molar-refractivity contribution is 5.77. The quantitative estimate of drug-likeness (QED) is 0.799. The molecule has 0 aromatic carbocycles. The molecule has 2 rings (SSSR count). The fourth-order valence-corrected chi connectivity index (χ4v) is 3.20. The first-order chi connectivity index (χ1) is 8.16. The fraction of sp³-hybridized carbons (Fsp3) is 0.929. The minimum atomic E-state index is 0.365. The second kappa shape index (κ2) is 5.85. The summed E-state index contributed by atoms with van der Waals surface area (Å²) in [5, 5.41) is 3.47. The Hall–Kier alpha value is -0.570. The van der Waals surface area contributed by atoms with E-state index in [1.807, 2.05) is 0 Å². The molecule has 0 radical (unpaired) electrons. The summed E-state index contributed by atoms with van der Waals surface area (Å²) < 4.78 is 0. The van der Waals surface area contributed by atoms with Crippen molar-refractivity contribution in [3.05, 3.63) is 0 Å². The van der Waals surface area contributed by atoms with E-state index in [0.29, 0.717) is 24.4 Å². The van der Waals surface area contributed by atoms with Crippen molar-refractivity contribution in [1.82, 2.24) is 10.2 Å². The molecule has 98 valence electrons. The predicted octanol–water partition coefficient (Wildman–Crippen LogP) is 2.17. The highest BCUT2D eigenvalue weighted by Crippen LogP contribution is 2.23. The van der Waals surface area contributed by atoms with Crippen LogP contribution in [0.1, 0.15) is 52.4 Å². The summed E-state index contributed by atoms with van der Waals surface area (Å²) in [6.45, 7) is 6.54. The van der Waals surface area contributed by atoms with Crippen molar-refractivity contribution in [2.24, 2.45) is 5.92 Å². The van der Waals surface area contributed by atoms with Gasteiger partial charge >= 0.3 is 0 Å². The predicted molar refractivity (Wildman–Crippen MR) is 69.8 cm³/mol. The third-order valence-corrected chi connectivity index (χ3v) is 4.29. The lowest BCUT2D eigenvalue weighted by Gasteiger charge is -2.37. The van der Waals surface area contributed by atoms with Crippen molar-refractivity contribution >= 4 is 5.91 Å². The van der Waals surface area contributed by atoms with Gasteiger partial charge in [-0.25, -0.2) is 0 Å². The Bertz CT molecular complexity index is 261. The molecule has 17 heavy (non-hydrogen) atoms. The number of hydrogen-bond acceptors (Lipinski definition) is 2. The Kier molecular flexibility index (Phi) is 4.43. The van der Waals surface area contributed by atoms with Crippen molar-refractivity contribution in [3.8, 4) is 0 Å². The van der Waals surface area contributed by atoms with Crippen molar-refractivity contribution in [2.75, 3.05) is 13.1 Å². The van der Waals surface area contributed by atoms with Crippen LogP contribution in [0.2, 0.25) is 0 Å². The molecular formula is C14H26N2O. The molecule has 0 aliphatic carbocycles. The highest BCUT2D eigenvalue weighted by atomic mass is 16.2. The molecule has 2 heterocycles. The molecule has 0 aromatic heterocycles. The van der Waals surface area contributed by atoms with E-state index in [0.717, 1.165) is 19.0 Å². The average molecular weight is 238 g/mol. The first-order valence-corrected chi connectivity index (χ1v) is 7.19. The number of hydrogen-bond donors (Lipinski definition) is 1. The summed E-state index contributed by atoms with van der Waals surface area (Å²) in [5.74, 6) is 1.14. The lowest BCUT2D eigenvalue weighted by Crippen LogP contribution is -2.47. The number of nitrogens with zero attached hydrogens (tertiary/aromatic N) is 1. The summed E-state index contributed by atoms with van der Waals surface area (Å²) in [6, 6.07) is 0.873. The van der Waals surface area contributed by atoms with Gasteiger partial charge in [0.1, 0.15) is 0 Å². The molecule has 3 nitrogen and oxygen atoms in total. The smallest absolute Gasteiger partial charge is 0.224 e. The van der Waals surface area contributed by atoms with E-state index in [1.165, 1.54) is 32.1 Å². The number of piperidine rings is 2. The van der Waals surface area contributed by atoms with Gasteiger partial charge in [0.25, 0.3) is 0 Å². The van der Waals surface area contributed by atoms with Gasteiger partial charge in [-0.05, 0) is 45.1 Å². The van der Waals surface area contributed by atoms with Crippen LogP contribution >= 0.6 is 0 Å². The van der Waals surface area contributed by atoms with Gasteiger partial charge in [-0.1, -0.05) is 13.3 Å². The van der Waals surface area contributed by atoms with Crippen LogP contribution in [0.4, 0.5) is 0 Å². The molecule has 0 bridgehead atoms. The minimum absolute atomic E-state index is 0.365. The number of likely N-dealkylation sites (tertiary alicyclic amines) is 1. The van der Waals surface area contributed by atoms with Crippen LogP contribution in [0.15, 0.2) is 0 Å². The normalized spacial score (nSPS) is 34.7. The van der Waals surface area contributed by atoms with E-state index in [1.54, 1.807) is 0 Å². The molecule has 2 fully saturated rings. The van der Waals surface area contributed by atoms with Crippen LogP contribution in [0.25, 0.3) is 0 Å². The van der Waals surface area contributed by atoms with Crippen LogP contribution in [0, 0.1) is 5.92 Å². The van der Waals surface area contributed by atoms with E-state index in [9.17, 15) is 4.79 Å². The van der Waals surface area contributed by atoms with Gasteiger partial charge in [-0.3, -0.25) is 4.79 Å². The van der Waals surface area contributed by atoms with Gasteiger partial charge in [0.05, 0.1) is 0 Å². The SMILES string of the molecule is CC1CCN(C(=O)CC2CCCCN2)C(C)C1. The molecule has 2 saturated heterocycles. The summed E-state index contributed by atoms with van der Waals surface area (Å²) in [7, 11) is 0. The van der Waals surface area contributed by atoms with Gasteiger partial charge in [-0.15, -0.1) is 0 Å². The Labute approximate surface area is 105 Å². The number of carbonyl (C=O) groups is 1. The van der Waals surface area contributed by atoms with Crippen molar-refractivity contribution in [2.45, 2.75) is 64.5 Å². The lowest BCUT2D eigenvalue weighted by molar-refractivity contribution is -0.135. The molecule has 3 atom stereocenters. The van der Waals surface area contributed by atoms with Gasteiger partial charge < -0.3 is 10.2 Å². The largest absolute Gasteiger partial charge is 0.340 e. The number of nitrogens with one attached hydrogen (secondary N) is 1. The standard InChI is InChI=1S/C14H26N2O/c1-11-6-8-16(12(2)9-11)14(17)10-13-5-3-4-7-15-13/h11-13,15H,3-10H2,1-2H3. The Balaban J connectivity index is 1.82. The summed E-state index contributed by atoms with van der Waals surface area (Å²) in [6.07, 6.45) is 6.76. The zero-order valence-corrected chi connectivity index (χ0v) is 11.2. The second-order valence-corrected chi connectivity index (χ2v) is 5.92. The third kappa shape index (κ3) is 3.44. The first kappa shape index (κ1) is 12.9. The lowest BCUT2D eigenvalue weighted by atomic mass is 9.92. The molecule has 3 heteroatoms. The summed E-state index contributed by atoms with van der Waals surface area (Å²) in [4.78, 5) is 14.4. The van der Waals surface area contributed by atoms with Crippen LogP contribution in [0.5, 0.6) is 0 Å². The zero-order valence-electron chi connectivity index (χ0n) is 11.2. The second-order valence-electron chi connectivity index (χ2n) is 5.92. The fourth-order valence-electron chi connectivity index (χ4n) is 3.20. The van der Waals surface area contributed by atoms with Gasteiger partial charge in [0, 0.05) is 25.0 Å².